The maximum atomic E-state index is 6.08. The van der Waals surface area contributed by atoms with E-state index in [9.17, 15) is 0 Å². The van der Waals surface area contributed by atoms with Crippen LogP contribution < -0.4 is 24.6 Å². The highest BCUT2D eigenvalue weighted by Crippen LogP contribution is 2.45. The van der Waals surface area contributed by atoms with Gasteiger partial charge in [0.05, 0.1) is 30.4 Å². The summed E-state index contributed by atoms with van der Waals surface area (Å²) in [6, 6.07) is 28.2. The molecule has 41 heavy (non-hydrogen) atoms. The van der Waals surface area contributed by atoms with Gasteiger partial charge in [-0.15, -0.1) is 0 Å². The van der Waals surface area contributed by atoms with Gasteiger partial charge in [-0.1, -0.05) is 18.2 Å². The molecule has 0 bridgehead atoms. The third-order valence-corrected chi connectivity index (χ3v) is 8.41. The number of fused-ring (bicyclic) bond motifs is 1. The lowest BCUT2D eigenvalue weighted by Gasteiger charge is -2.41. The topological polar surface area (TPSA) is 49.9 Å². The first-order chi connectivity index (χ1) is 19.7. The number of nitrogens with zero attached hydrogens (tertiary/aromatic N) is 3. The standard InChI is InChI=1S/C34H34N4O2S/c1-22-21-34(2,3)37(4)30-18-9-23(20-28(22)30)32-31(29-8-6-7-19-35-29)36-33(41)38(32)24-10-12-26(13-11-24)40-27-16-14-25(39-5)15-17-27/h6-21,31-32H,1-5H3,(H,36,41)/t31-,32-/m0/s1. The first kappa shape index (κ1) is 26.8. The minimum Gasteiger partial charge on any atom is -0.497 e. The van der Waals surface area contributed by atoms with Crippen LogP contribution in [0.25, 0.3) is 5.57 Å². The molecule has 1 saturated heterocycles. The Morgan fingerprint density at radius 3 is 2.24 bits per heavy atom. The Hall–Kier alpha value is -4.36. The van der Waals surface area contributed by atoms with Gasteiger partial charge in [-0.3, -0.25) is 4.98 Å². The number of ether oxygens (including phenoxy) is 2. The molecular weight excluding hydrogens is 528 g/mol. The van der Waals surface area contributed by atoms with Crippen LogP contribution in [0.15, 0.2) is 97.2 Å². The van der Waals surface area contributed by atoms with Crippen molar-refractivity contribution in [1.29, 1.82) is 0 Å². The summed E-state index contributed by atoms with van der Waals surface area (Å²) in [5.41, 5.74) is 6.80. The zero-order valence-electron chi connectivity index (χ0n) is 24.0. The highest BCUT2D eigenvalue weighted by molar-refractivity contribution is 7.80. The number of anilines is 2. The largest absolute Gasteiger partial charge is 0.497 e. The van der Waals surface area contributed by atoms with Crippen LogP contribution in [0.3, 0.4) is 0 Å². The molecule has 3 aromatic carbocycles. The highest BCUT2D eigenvalue weighted by Gasteiger charge is 2.41. The fourth-order valence-corrected chi connectivity index (χ4v) is 6.13. The molecule has 7 heteroatoms. The van der Waals surface area contributed by atoms with Gasteiger partial charge in [0.2, 0.25) is 0 Å². The lowest BCUT2D eigenvalue weighted by Crippen LogP contribution is -2.42. The predicted octanol–water partition coefficient (Wildman–Crippen LogP) is 7.69. The number of hydrogen-bond donors (Lipinski definition) is 1. The molecule has 1 fully saturated rings. The number of pyridine rings is 1. The maximum Gasteiger partial charge on any atom is 0.174 e. The molecule has 0 unspecified atom stereocenters. The van der Waals surface area contributed by atoms with Gasteiger partial charge in [-0.2, -0.15) is 0 Å². The van der Waals surface area contributed by atoms with E-state index in [4.69, 9.17) is 26.7 Å². The number of likely N-dealkylation sites (N-methyl/N-ethyl adjacent to an activating group) is 1. The fourth-order valence-electron chi connectivity index (χ4n) is 5.79. The monoisotopic (exact) mass is 562 g/mol. The van der Waals surface area contributed by atoms with E-state index in [0.717, 1.165) is 28.6 Å². The summed E-state index contributed by atoms with van der Waals surface area (Å²) in [5.74, 6) is 2.28. The van der Waals surface area contributed by atoms with Crippen molar-refractivity contribution in [2.75, 3.05) is 24.0 Å². The van der Waals surface area contributed by atoms with E-state index in [2.05, 4.69) is 85.4 Å². The molecule has 6 rings (SSSR count). The molecule has 3 heterocycles. The van der Waals surface area contributed by atoms with E-state index >= 15 is 0 Å². The summed E-state index contributed by atoms with van der Waals surface area (Å²) in [7, 11) is 3.81. The van der Waals surface area contributed by atoms with E-state index in [1.165, 1.54) is 22.4 Å². The van der Waals surface area contributed by atoms with E-state index in [0.29, 0.717) is 5.11 Å². The average Bonchev–Trinajstić information content (AvgIpc) is 3.33. The molecule has 2 aliphatic rings. The molecule has 6 nitrogen and oxygen atoms in total. The van der Waals surface area contributed by atoms with Crippen molar-refractivity contribution >= 4 is 34.3 Å². The van der Waals surface area contributed by atoms with Crippen molar-refractivity contribution in [3.8, 4) is 17.2 Å². The number of benzene rings is 3. The predicted molar refractivity (Wildman–Crippen MR) is 170 cm³/mol. The smallest absolute Gasteiger partial charge is 0.174 e. The number of methoxy groups -OCH3 is 1. The minimum absolute atomic E-state index is 0.0484. The summed E-state index contributed by atoms with van der Waals surface area (Å²) in [5, 5.41) is 4.24. The van der Waals surface area contributed by atoms with Crippen LogP contribution in [0, 0.1) is 0 Å². The van der Waals surface area contributed by atoms with Crippen LogP contribution in [0.5, 0.6) is 17.2 Å². The molecule has 0 radical (unpaired) electrons. The van der Waals surface area contributed by atoms with Gasteiger partial charge in [0, 0.05) is 30.2 Å². The van der Waals surface area contributed by atoms with Gasteiger partial charge in [0.15, 0.2) is 5.11 Å². The number of allylic oxidation sites excluding steroid dienone is 1. The average molecular weight is 563 g/mol. The Kier molecular flexibility index (Phi) is 6.91. The zero-order chi connectivity index (χ0) is 28.7. The Balaban J connectivity index is 1.37. The SMILES string of the molecule is COc1ccc(Oc2ccc(N3C(=S)N[C@@H](c4ccccn4)[C@@H]3c3ccc4c(c3)C(C)=CC(C)(C)N4C)cc2)cc1. The first-order valence-electron chi connectivity index (χ1n) is 13.8. The lowest BCUT2D eigenvalue weighted by molar-refractivity contribution is 0.413. The molecule has 0 saturated carbocycles. The molecule has 0 amide bonds. The van der Waals surface area contributed by atoms with Crippen LogP contribution in [-0.4, -0.2) is 29.8 Å². The van der Waals surface area contributed by atoms with Crippen molar-refractivity contribution in [1.82, 2.24) is 10.3 Å². The van der Waals surface area contributed by atoms with Gasteiger partial charge < -0.3 is 24.6 Å². The molecule has 0 aliphatic carbocycles. The van der Waals surface area contributed by atoms with Crippen LogP contribution in [0.1, 0.15) is 49.7 Å². The van der Waals surface area contributed by atoms with E-state index < -0.39 is 0 Å². The van der Waals surface area contributed by atoms with Crippen molar-refractivity contribution in [3.63, 3.8) is 0 Å². The second-order valence-electron chi connectivity index (χ2n) is 11.1. The van der Waals surface area contributed by atoms with Gasteiger partial charge in [0.1, 0.15) is 17.2 Å². The van der Waals surface area contributed by atoms with Crippen LogP contribution in [0.2, 0.25) is 0 Å². The Morgan fingerprint density at radius 1 is 0.902 bits per heavy atom. The van der Waals surface area contributed by atoms with Crippen molar-refractivity contribution in [2.24, 2.45) is 0 Å². The third kappa shape index (κ3) is 5.02. The Labute approximate surface area is 247 Å². The first-order valence-corrected chi connectivity index (χ1v) is 14.2. The van der Waals surface area contributed by atoms with E-state index in [1.807, 2.05) is 54.7 Å². The minimum atomic E-state index is -0.112. The molecule has 1 N–H and O–H groups in total. The summed E-state index contributed by atoms with van der Waals surface area (Å²) in [6.45, 7) is 6.69. The number of rotatable bonds is 6. The fraction of sp³-hybridized carbons (Fsp3) is 0.235. The van der Waals surface area contributed by atoms with Crippen LogP contribution in [-0.2, 0) is 0 Å². The Morgan fingerprint density at radius 2 is 1.59 bits per heavy atom. The second-order valence-corrected chi connectivity index (χ2v) is 11.5. The zero-order valence-corrected chi connectivity index (χ0v) is 24.8. The number of hydrogen-bond acceptors (Lipinski definition) is 5. The van der Waals surface area contributed by atoms with Gasteiger partial charge in [0.25, 0.3) is 0 Å². The molecule has 2 atom stereocenters. The lowest BCUT2D eigenvalue weighted by atomic mass is 9.86. The van der Waals surface area contributed by atoms with Gasteiger partial charge in [-0.25, -0.2) is 0 Å². The molecule has 0 spiro atoms. The summed E-state index contributed by atoms with van der Waals surface area (Å²) in [4.78, 5) is 9.25. The van der Waals surface area contributed by atoms with Crippen molar-refractivity contribution < 1.29 is 9.47 Å². The number of thiocarbonyl (C=S) groups is 1. The van der Waals surface area contributed by atoms with E-state index in [1.54, 1.807) is 7.11 Å². The molecule has 208 valence electrons. The number of nitrogens with one attached hydrogen (secondary N) is 1. The normalized spacial score (nSPS) is 19.3. The van der Waals surface area contributed by atoms with Gasteiger partial charge in [-0.05, 0) is 117 Å². The molecule has 4 aromatic rings. The van der Waals surface area contributed by atoms with Crippen LogP contribution in [0.4, 0.5) is 11.4 Å². The van der Waals surface area contributed by atoms with E-state index in [-0.39, 0.29) is 17.6 Å². The van der Waals surface area contributed by atoms with Crippen molar-refractivity contribution in [3.05, 3.63) is 114 Å². The molecule has 1 aromatic heterocycles. The summed E-state index contributed by atoms with van der Waals surface area (Å²) >= 11 is 5.96. The van der Waals surface area contributed by atoms with Crippen molar-refractivity contribution in [2.45, 2.75) is 38.4 Å². The number of aromatic nitrogens is 1. The van der Waals surface area contributed by atoms with Crippen LogP contribution >= 0.6 is 12.2 Å². The molecular formula is C34H34N4O2S. The summed E-state index contributed by atoms with van der Waals surface area (Å²) < 4.78 is 11.3. The quantitative estimate of drug-likeness (QED) is 0.242. The Bertz CT molecular complexity index is 1600. The molecule has 2 aliphatic heterocycles. The van der Waals surface area contributed by atoms with Gasteiger partial charge >= 0.3 is 0 Å². The third-order valence-electron chi connectivity index (χ3n) is 8.09. The maximum absolute atomic E-state index is 6.08. The second kappa shape index (κ2) is 10.6. The summed E-state index contributed by atoms with van der Waals surface area (Å²) in [6.07, 6.45) is 4.17. The highest BCUT2D eigenvalue weighted by atomic mass is 32.1.